The fourth-order valence-corrected chi connectivity index (χ4v) is 2.91. The summed E-state index contributed by atoms with van der Waals surface area (Å²) in [7, 11) is 0. The molecule has 0 radical (unpaired) electrons. The van der Waals surface area contributed by atoms with E-state index in [0.29, 0.717) is 0 Å². The monoisotopic (exact) mass is 258 g/mol. The second-order valence-corrected chi connectivity index (χ2v) is 7.32. The maximum Gasteiger partial charge on any atom is 0.0438 e. The Hall–Kier alpha value is -0.200. The summed E-state index contributed by atoms with van der Waals surface area (Å²) in [6.45, 7) is 8.14. The van der Waals surface area contributed by atoms with Crippen LogP contribution in [0.25, 0.3) is 0 Å². The molecule has 1 aromatic carbocycles. The first-order valence-electron chi connectivity index (χ1n) is 5.63. The molecule has 0 N–H and O–H groups in total. The van der Waals surface area contributed by atoms with E-state index in [1.807, 2.05) is 33.8 Å². The predicted molar refractivity (Wildman–Crippen MR) is 73.5 cm³/mol. The van der Waals surface area contributed by atoms with Crippen molar-refractivity contribution in [1.29, 1.82) is 0 Å². The first-order chi connectivity index (χ1) is 7.21. The van der Waals surface area contributed by atoms with Crippen molar-refractivity contribution in [3.8, 4) is 0 Å². The summed E-state index contributed by atoms with van der Waals surface area (Å²) in [5.74, 6) is 0.228. The van der Waals surface area contributed by atoms with Gasteiger partial charge in [0.1, 0.15) is 0 Å². The molecule has 0 aliphatic rings. The lowest BCUT2D eigenvalue weighted by molar-refractivity contribution is 0.333. The maximum atomic E-state index is 6.45. The minimum absolute atomic E-state index is 0.228. The zero-order valence-corrected chi connectivity index (χ0v) is 11.9. The molecule has 0 fully saturated rings. The lowest BCUT2D eigenvalue weighted by Gasteiger charge is -2.37. The van der Waals surface area contributed by atoms with Crippen LogP contribution in [0.5, 0.6) is 0 Å². The van der Waals surface area contributed by atoms with Crippen LogP contribution in [0.3, 0.4) is 0 Å². The van der Waals surface area contributed by atoms with Gasteiger partial charge in [-0.25, -0.2) is 0 Å². The molecule has 1 rings (SSSR count). The normalized spacial score (nSPS) is 13.2. The van der Waals surface area contributed by atoms with Gasteiger partial charge in [-0.05, 0) is 39.7 Å². The zero-order valence-electron chi connectivity index (χ0n) is 10.4. The molecule has 0 heterocycles. The number of hydrogen-bond donors (Lipinski definition) is 0. The van der Waals surface area contributed by atoms with Crippen molar-refractivity contribution >= 4 is 23.2 Å². The van der Waals surface area contributed by atoms with Crippen LogP contribution >= 0.6 is 23.2 Å². The zero-order chi connectivity index (χ0) is 12.4. The summed E-state index contributed by atoms with van der Waals surface area (Å²) in [5, 5.41) is 0. The highest BCUT2D eigenvalue weighted by Gasteiger charge is 2.38. The van der Waals surface area contributed by atoms with E-state index < -0.39 is 0 Å². The van der Waals surface area contributed by atoms with Gasteiger partial charge in [0.15, 0.2) is 0 Å². The van der Waals surface area contributed by atoms with Crippen LogP contribution in [-0.2, 0) is 6.42 Å². The highest BCUT2D eigenvalue weighted by molar-refractivity contribution is 6.27. The van der Waals surface area contributed by atoms with Crippen LogP contribution < -0.4 is 0 Å². The van der Waals surface area contributed by atoms with E-state index in [2.05, 4.69) is 24.3 Å². The lowest BCUT2D eigenvalue weighted by Crippen LogP contribution is -2.40. The molecule has 0 amide bonds. The van der Waals surface area contributed by atoms with E-state index in [9.17, 15) is 0 Å². The molecule has 0 spiro atoms. The summed E-state index contributed by atoms with van der Waals surface area (Å²) in [6, 6.07) is 10.4. The van der Waals surface area contributed by atoms with Crippen molar-refractivity contribution < 1.29 is 0 Å². The smallest absolute Gasteiger partial charge is 0.0438 e. The first-order valence-corrected chi connectivity index (χ1v) is 6.38. The van der Waals surface area contributed by atoms with Gasteiger partial charge in [-0.3, -0.25) is 0 Å². The van der Waals surface area contributed by atoms with Crippen LogP contribution in [0.1, 0.15) is 33.3 Å². The van der Waals surface area contributed by atoms with Crippen molar-refractivity contribution in [3.63, 3.8) is 0 Å². The van der Waals surface area contributed by atoms with Crippen LogP contribution in [0.15, 0.2) is 30.3 Å². The Labute approximate surface area is 109 Å². The molecule has 0 aromatic heterocycles. The molecule has 0 aliphatic carbocycles. The standard InChI is InChI=1S/C14H20Cl2/c1-13(2,15)12(14(3,4)16)10-11-8-6-5-7-9-11/h5-9,12H,10H2,1-4H3. The third-order valence-corrected chi connectivity index (χ3v) is 3.47. The summed E-state index contributed by atoms with van der Waals surface area (Å²) < 4.78 is 0. The molecule has 0 unspecified atom stereocenters. The van der Waals surface area contributed by atoms with Crippen LogP contribution in [0.4, 0.5) is 0 Å². The predicted octanol–water partition coefficient (Wildman–Crippen LogP) is 4.88. The number of alkyl halides is 2. The van der Waals surface area contributed by atoms with Gasteiger partial charge in [-0.15, -0.1) is 23.2 Å². The fraction of sp³-hybridized carbons (Fsp3) is 0.571. The fourth-order valence-electron chi connectivity index (χ4n) is 2.15. The van der Waals surface area contributed by atoms with E-state index in [0.717, 1.165) is 6.42 Å². The second kappa shape index (κ2) is 4.98. The molecule has 90 valence electrons. The Morgan fingerprint density at radius 1 is 0.938 bits per heavy atom. The van der Waals surface area contributed by atoms with Gasteiger partial charge >= 0.3 is 0 Å². The molecule has 0 bridgehead atoms. The van der Waals surface area contributed by atoms with Crippen LogP contribution in [0, 0.1) is 5.92 Å². The van der Waals surface area contributed by atoms with E-state index in [1.54, 1.807) is 0 Å². The van der Waals surface area contributed by atoms with E-state index >= 15 is 0 Å². The van der Waals surface area contributed by atoms with Gasteiger partial charge in [-0.1, -0.05) is 30.3 Å². The molecular formula is C14H20Cl2. The number of benzene rings is 1. The minimum Gasteiger partial charge on any atom is -0.120 e. The maximum absolute atomic E-state index is 6.45. The first kappa shape index (κ1) is 13.9. The molecule has 1 aromatic rings. The van der Waals surface area contributed by atoms with Gasteiger partial charge in [-0.2, -0.15) is 0 Å². The number of hydrogen-bond acceptors (Lipinski definition) is 0. The number of rotatable bonds is 4. The summed E-state index contributed by atoms with van der Waals surface area (Å²) >= 11 is 12.9. The van der Waals surface area contributed by atoms with Gasteiger partial charge in [0.2, 0.25) is 0 Å². The molecule has 0 aliphatic heterocycles. The Balaban J connectivity index is 2.89. The number of halogens is 2. The molecule has 0 saturated heterocycles. The topological polar surface area (TPSA) is 0 Å². The summed E-state index contributed by atoms with van der Waals surface area (Å²) in [5.41, 5.74) is 1.29. The van der Waals surface area contributed by atoms with Crippen molar-refractivity contribution in [3.05, 3.63) is 35.9 Å². The molecule has 0 nitrogen and oxygen atoms in total. The largest absolute Gasteiger partial charge is 0.120 e. The van der Waals surface area contributed by atoms with Gasteiger partial charge in [0, 0.05) is 15.7 Å². The Morgan fingerprint density at radius 2 is 1.38 bits per heavy atom. The minimum atomic E-state index is -0.304. The average molecular weight is 259 g/mol. The van der Waals surface area contributed by atoms with E-state index in [4.69, 9.17) is 23.2 Å². The van der Waals surface area contributed by atoms with Crippen LogP contribution in [0.2, 0.25) is 0 Å². The van der Waals surface area contributed by atoms with Crippen molar-refractivity contribution in [1.82, 2.24) is 0 Å². The van der Waals surface area contributed by atoms with E-state index in [1.165, 1.54) is 5.56 Å². The molecule has 2 heteroatoms. The van der Waals surface area contributed by atoms with Crippen molar-refractivity contribution in [2.45, 2.75) is 43.9 Å². The lowest BCUT2D eigenvalue weighted by atomic mass is 9.80. The third-order valence-electron chi connectivity index (χ3n) is 2.94. The highest BCUT2D eigenvalue weighted by atomic mass is 35.5. The summed E-state index contributed by atoms with van der Waals surface area (Å²) in [6.07, 6.45) is 0.911. The molecule has 0 saturated carbocycles. The van der Waals surface area contributed by atoms with Gasteiger partial charge in [0.25, 0.3) is 0 Å². The molecular weight excluding hydrogens is 239 g/mol. The molecule has 0 atom stereocenters. The average Bonchev–Trinajstić information content (AvgIpc) is 2.12. The molecule has 16 heavy (non-hydrogen) atoms. The van der Waals surface area contributed by atoms with Crippen molar-refractivity contribution in [2.75, 3.05) is 0 Å². The quantitative estimate of drug-likeness (QED) is 0.676. The van der Waals surface area contributed by atoms with Crippen LogP contribution in [-0.4, -0.2) is 9.75 Å². The second-order valence-electron chi connectivity index (χ2n) is 5.37. The Bertz CT molecular complexity index is 303. The third kappa shape index (κ3) is 3.99. The van der Waals surface area contributed by atoms with Gasteiger partial charge in [0.05, 0.1) is 0 Å². The van der Waals surface area contributed by atoms with Crippen molar-refractivity contribution in [2.24, 2.45) is 5.92 Å². The van der Waals surface area contributed by atoms with E-state index in [-0.39, 0.29) is 15.7 Å². The highest BCUT2D eigenvalue weighted by Crippen LogP contribution is 2.39. The Morgan fingerprint density at radius 3 is 1.75 bits per heavy atom. The SMILES string of the molecule is CC(C)(Cl)C(Cc1ccccc1)C(C)(C)Cl. The van der Waals surface area contributed by atoms with Gasteiger partial charge < -0.3 is 0 Å². The Kier molecular flexibility index (Phi) is 4.31. The summed E-state index contributed by atoms with van der Waals surface area (Å²) in [4.78, 5) is -0.609.